The van der Waals surface area contributed by atoms with E-state index in [1.165, 1.54) is 7.05 Å². The number of fused-ring (bicyclic) bond motifs is 1. The van der Waals surface area contributed by atoms with E-state index in [1.54, 1.807) is 24.7 Å². The highest BCUT2D eigenvalue weighted by atomic mass is 32.1. The van der Waals surface area contributed by atoms with Gasteiger partial charge in [0.2, 0.25) is 17.7 Å². The number of methoxy groups -OCH3 is 1. The summed E-state index contributed by atoms with van der Waals surface area (Å²) >= 11 is 4.61. The Kier molecular flexibility index (Phi) is 9.16. The van der Waals surface area contributed by atoms with E-state index in [0.717, 1.165) is 22.0 Å². The molecule has 1 heterocycles. The Hall–Kier alpha value is -3.50. The van der Waals surface area contributed by atoms with Crippen LogP contribution in [0, 0.1) is 5.92 Å². The first-order valence-electron chi connectivity index (χ1n) is 11.2. The minimum atomic E-state index is -0.900. The van der Waals surface area contributed by atoms with Gasteiger partial charge in [-0.05, 0) is 35.7 Å². The van der Waals surface area contributed by atoms with Crippen molar-refractivity contribution in [3.63, 3.8) is 0 Å². The van der Waals surface area contributed by atoms with Crippen LogP contribution in [0.15, 0.2) is 54.7 Å². The molecule has 0 aliphatic carbocycles. The van der Waals surface area contributed by atoms with Crippen LogP contribution >= 0.6 is 12.6 Å². The molecule has 0 bridgehead atoms. The maximum atomic E-state index is 13.3. The van der Waals surface area contributed by atoms with Crippen molar-refractivity contribution in [1.29, 1.82) is 0 Å². The summed E-state index contributed by atoms with van der Waals surface area (Å²) in [7, 11) is 3.07. The number of H-pyrrole nitrogens is 1. The molecule has 3 amide bonds. The zero-order chi connectivity index (χ0) is 25.4. The molecule has 0 fully saturated rings. The Balaban J connectivity index is 1.79. The number of para-hydroxylation sites is 1. The second-order valence-electron chi connectivity index (χ2n) is 8.20. The average molecular weight is 499 g/mol. The van der Waals surface area contributed by atoms with Gasteiger partial charge in [0.1, 0.15) is 11.8 Å². The van der Waals surface area contributed by atoms with Crippen molar-refractivity contribution in [2.24, 2.45) is 5.92 Å². The van der Waals surface area contributed by atoms with Gasteiger partial charge in [0.05, 0.1) is 13.0 Å². The standard InChI is InChI=1S/C25H30N4O5S/c1-26-25(32)21(12-16-14-27-20-6-4-3-5-18(16)20)28-24(31)19(13-23(30)29-33)22(35)11-15-7-9-17(34-2)10-8-15/h3-10,14,19,21-22,27,33,35H,11-13H2,1-2H3,(H,26,32)(H,28,31)(H,29,30)/t19-,21-,22?/m1/s1. The maximum Gasteiger partial charge on any atom is 0.244 e. The number of aromatic nitrogens is 1. The van der Waals surface area contributed by atoms with Crippen molar-refractivity contribution in [3.05, 3.63) is 65.9 Å². The summed E-state index contributed by atoms with van der Waals surface area (Å²) in [4.78, 5) is 41.1. The Morgan fingerprint density at radius 3 is 2.43 bits per heavy atom. The van der Waals surface area contributed by atoms with Crippen molar-refractivity contribution < 1.29 is 24.3 Å². The quantitative estimate of drug-likeness (QED) is 0.137. The Morgan fingerprint density at radius 2 is 1.77 bits per heavy atom. The van der Waals surface area contributed by atoms with E-state index in [-0.39, 0.29) is 18.7 Å². The zero-order valence-electron chi connectivity index (χ0n) is 19.6. The number of hydrogen-bond donors (Lipinski definition) is 6. The molecule has 35 heavy (non-hydrogen) atoms. The van der Waals surface area contributed by atoms with Crippen molar-refractivity contribution in [2.75, 3.05) is 14.2 Å². The highest BCUT2D eigenvalue weighted by Gasteiger charge is 2.32. The van der Waals surface area contributed by atoms with Gasteiger partial charge in [-0.1, -0.05) is 30.3 Å². The number of aromatic amines is 1. The summed E-state index contributed by atoms with van der Waals surface area (Å²) in [5.74, 6) is -1.78. The van der Waals surface area contributed by atoms with E-state index in [2.05, 4.69) is 28.2 Å². The molecule has 0 aliphatic rings. The summed E-state index contributed by atoms with van der Waals surface area (Å²) in [6.45, 7) is 0. The van der Waals surface area contributed by atoms with E-state index < -0.39 is 29.0 Å². The number of rotatable bonds is 11. The number of ether oxygens (including phenoxy) is 1. The summed E-state index contributed by atoms with van der Waals surface area (Å²) in [6, 6.07) is 14.1. The zero-order valence-corrected chi connectivity index (χ0v) is 20.5. The van der Waals surface area contributed by atoms with Gasteiger partial charge >= 0.3 is 0 Å². The Bertz CT molecular complexity index is 1160. The predicted molar refractivity (Wildman–Crippen MR) is 136 cm³/mol. The van der Waals surface area contributed by atoms with Crippen LogP contribution in [-0.2, 0) is 27.2 Å². The third-order valence-electron chi connectivity index (χ3n) is 5.91. The number of amides is 3. The van der Waals surface area contributed by atoms with Crippen LogP contribution in [0.2, 0.25) is 0 Å². The fourth-order valence-electron chi connectivity index (χ4n) is 3.98. The largest absolute Gasteiger partial charge is 0.497 e. The van der Waals surface area contributed by atoms with Gasteiger partial charge in [0.15, 0.2) is 0 Å². The molecule has 0 spiro atoms. The van der Waals surface area contributed by atoms with Crippen molar-refractivity contribution in [3.8, 4) is 5.75 Å². The molecule has 3 rings (SSSR count). The summed E-state index contributed by atoms with van der Waals surface area (Å²) in [5, 5.41) is 14.8. The lowest BCUT2D eigenvalue weighted by atomic mass is 9.93. The van der Waals surface area contributed by atoms with Crippen LogP contribution in [0.4, 0.5) is 0 Å². The summed E-state index contributed by atoms with van der Waals surface area (Å²) < 4.78 is 5.17. The van der Waals surface area contributed by atoms with E-state index in [4.69, 9.17) is 9.94 Å². The number of nitrogens with one attached hydrogen (secondary N) is 4. The van der Waals surface area contributed by atoms with E-state index in [9.17, 15) is 14.4 Å². The molecule has 0 saturated carbocycles. The molecular weight excluding hydrogens is 468 g/mol. The monoisotopic (exact) mass is 498 g/mol. The lowest BCUT2D eigenvalue weighted by molar-refractivity contribution is -0.136. The third kappa shape index (κ3) is 6.77. The minimum Gasteiger partial charge on any atom is -0.497 e. The van der Waals surface area contributed by atoms with Crippen LogP contribution in [0.5, 0.6) is 5.75 Å². The van der Waals surface area contributed by atoms with Crippen LogP contribution < -0.4 is 20.9 Å². The van der Waals surface area contributed by atoms with Gasteiger partial charge in [0, 0.05) is 42.2 Å². The lowest BCUT2D eigenvalue weighted by Crippen LogP contribution is -2.50. The lowest BCUT2D eigenvalue weighted by Gasteiger charge is -2.25. The molecule has 9 nitrogen and oxygen atoms in total. The van der Waals surface area contributed by atoms with Gasteiger partial charge in [-0.15, -0.1) is 0 Å². The van der Waals surface area contributed by atoms with Crippen LogP contribution in [0.3, 0.4) is 0 Å². The molecule has 0 radical (unpaired) electrons. The van der Waals surface area contributed by atoms with Crippen molar-refractivity contribution in [1.82, 2.24) is 21.1 Å². The number of benzene rings is 2. The number of hydrogen-bond acceptors (Lipinski definition) is 6. The van der Waals surface area contributed by atoms with E-state index in [1.807, 2.05) is 42.6 Å². The van der Waals surface area contributed by atoms with Gasteiger partial charge in [-0.3, -0.25) is 19.6 Å². The van der Waals surface area contributed by atoms with E-state index >= 15 is 0 Å². The van der Waals surface area contributed by atoms with Gasteiger partial charge in [-0.25, -0.2) is 5.48 Å². The Labute approximate surface area is 209 Å². The average Bonchev–Trinajstić information content (AvgIpc) is 3.29. The number of hydroxylamine groups is 1. The SMILES string of the molecule is CNC(=O)[C@@H](Cc1c[nH]c2ccccc12)NC(=O)[C@H](CC(=O)NO)C(S)Cc1ccc(OC)cc1. The topological polar surface area (TPSA) is 133 Å². The molecule has 2 aromatic carbocycles. The molecule has 1 aromatic heterocycles. The second-order valence-corrected chi connectivity index (χ2v) is 8.87. The predicted octanol–water partition coefficient (Wildman–Crippen LogP) is 2.00. The van der Waals surface area contributed by atoms with Crippen LogP contribution in [-0.4, -0.2) is 53.4 Å². The smallest absolute Gasteiger partial charge is 0.244 e. The maximum absolute atomic E-state index is 13.3. The molecule has 3 atom stereocenters. The van der Waals surface area contributed by atoms with Crippen molar-refractivity contribution >= 4 is 41.3 Å². The van der Waals surface area contributed by atoms with Gasteiger partial charge < -0.3 is 20.4 Å². The molecule has 0 saturated heterocycles. The third-order valence-corrected chi connectivity index (χ3v) is 6.46. The number of likely N-dealkylation sites (N-methyl/N-ethyl adjacent to an activating group) is 1. The fourth-order valence-corrected chi connectivity index (χ4v) is 4.43. The molecule has 5 N–H and O–H groups in total. The van der Waals surface area contributed by atoms with Crippen molar-refractivity contribution in [2.45, 2.75) is 30.6 Å². The molecule has 186 valence electrons. The number of carbonyl (C=O) groups excluding carboxylic acids is 3. The first kappa shape index (κ1) is 26.1. The minimum absolute atomic E-state index is 0.254. The number of carbonyl (C=O) groups is 3. The summed E-state index contributed by atoms with van der Waals surface area (Å²) in [6.07, 6.45) is 2.16. The highest BCUT2D eigenvalue weighted by Crippen LogP contribution is 2.23. The van der Waals surface area contributed by atoms with Crippen LogP contribution in [0.25, 0.3) is 10.9 Å². The highest BCUT2D eigenvalue weighted by molar-refractivity contribution is 7.81. The first-order chi connectivity index (χ1) is 16.9. The second kappa shape index (κ2) is 12.3. The molecule has 1 unspecified atom stereocenters. The fraction of sp³-hybridized carbons (Fsp3) is 0.320. The molecular formula is C25H30N4O5S. The molecule has 0 aliphatic heterocycles. The Morgan fingerprint density at radius 1 is 1.06 bits per heavy atom. The summed E-state index contributed by atoms with van der Waals surface area (Å²) in [5.41, 5.74) is 4.28. The number of thiol groups is 1. The molecule has 3 aromatic rings. The first-order valence-corrected chi connectivity index (χ1v) is 11.7. The van der Waals surface area contributed by atoms with Gasteiger partial charge in [-0.2, -0.15) is 12.6 Å². The molecule has 10 heteroatoms. The van der Waals surface area contributed by atoms with Gasteiger partial charge in [0.25, 0.3) is 0 Å². The van der Waals surface area contributed by atoms with Crippen LogP contribution in [0.1, 0.15) is 17.5 Å². The van der Waals surface area contributed by atoms with E-state index in [0.29, 0.717) is 12.2 Å². The normalized spacial score (nSPS) is 13.5.